The average Bonchev–Trinajstić information content (AvgIpc) is 2.29. The highest BCUT2D eigenvalue weighted by Gasteiger charge is 2.22. The molecule has 0 bridgehead atoms. The molecular weight excluding hydrogens is 194 g/mol. The third kappa shape index (κ3) is 1.58. The van der Waals surface area contributed by atoms with Crippen molar-refractivity contribution in [3.05, 3.63) is 12.3 Å². The second-order valence-electron chi connectivity index (χ2n) is 2.87. The Balaban J connectivity index is 2.27. The Morgan fingerprint density at radius 3 is 2.69 bits per heavy atom. The first-order chi connectivity index (χ1) is 6.07. The van der Waals surface area contributed by atoms with E-state index in [-0.39, 0.29) is 11.1 Å². The predicted molar refractivity (Wildman–Crippen MR) is 43.5 cm³/mol. The maximum atomic E-state index is 10.8. The lowest BCUT2D eigenvalue weighted by Gasteiger charge is -2.25. The van der Waals surface area contributed by atoms with E-state index < -0.39 is 10.0 Å². The first kappa shape index (κ1) is 8.67. The molecule has 1 aromatic heterocycles. The van der Waals surface area contributed by atoms with Crippen molar-refractivity contribution in [2.45, 2.75) is 11.1 Å². The van der Waals surface area contributed by atoms with Crippen LogP contribution in [-0.2, 0) is 14.8 Å². The number of sulfonamides is 1. The molecule has 0 radical (unpaired) electrons. The van der Waals surface area contributed by atoms with E-state index in [2.05, 4.69) is 5.10 Å². The van der Waals surface area contributed by atoms with Gasteiger partial charge in [-0.15, -0.1) is 0 Å². The summed E-state index contributed by atoms with van der Waals surface area (Å²) in [6.07, 6.45) is 1.59. The van der Waals surface area contributed by atoms with Crippen LogP contribution in [0.3, 0.4) is 0 Å². The summed E-state index contributed by atoms with van der Waals surface area (Å²) in [6.45, 7) is 1.15. The van der Waals surface area contributed by atoms with Crippen LogP contribution in [0.25, 0.3) is 0 Å². The summed E-state index contributed by atoms with van der Waals surface area (Å²) in [7, 11) is -3.67. The highest BCUT2D eigenvalue weighted by Crippen LogP contribution is 2.16. The third-order valence-corrected chi connectivity index (χ3v) is 2.67. The maximum absolute atomic E-state index is 10.8. The molecule has 2 heterocycles. The minimum absolute atomic E-state index is 0.0978. The Morgan fingerprint density at radius 2 is 2.31 bits per heavy atom. The summed E-state index contributed by atoms with van der Waals surface area (Å²) in [5.41, 5.74) is 0. The molecule has 1 saturated heterocycles. The summed E-state index contributed by atoms with van der Waals surface area (Å²) in [5, 5.41) is 8.62. The van der Waals surface area contributed by atoms with Crippen LogP contribution in [0.5, 0.6) is 0 Å². The third-order valence-electron chi connectivity index (χ3n) is 1.87. The predicted octanol–water partition coefficient (Wildman–Crippen LogP) is -0.898. The molecule has 0 amide bonds. The van der Waals surface area contributed by atoms with E-state index in [0.717, 1.165) is 0 Å². The summed E-state index contributed by atoms with van der Waals surface area (Å²) < 4.78 is 28.2. The monoisotopic (exact) mass is 203 g/mol. The van der Waals surface area contributed by atoms with Crippen molar-refractivity contribution in [3.63, 3.8) is 0 Å². The molecule has 0 aliphatic carbocycles. The van der Waals surface area contributed by atoms with Crippen LogP contribution in [0.1, 0.15) is 6.04 Å². The van der Waals surface area contributed by atoms with Crippen LogP contribution < -0.4 is 5.14 Å². The van der Waals surface area contributed by atoms with Crippen molar-refractivity contribution in [3.8, 4) is 0 Å². The molecule has 1 aliphatic rings. The molecule has 0 atom stereocenters. The van der Waals surface area contributed by atoms with Gasteiger partial charge in [-0.25, -0.2) is 13.6 Å². The molecule has 0 unspecified atom stereocenters. The van der Waals surface area contributed by atoms with E-state index >= 15 is 0 Å². The lowest BCUT2D eigenvalue weighted by atomic mass is 10.3. The van der Waals surface area contributed by atoms with Gasteiger partial charge in [0, 0.05) is 6.20 Å². The van der Waals surface area contributed by atoms with Gasteiger partial charge in [-0.3, -0.25) is 4.68 Å². The van der Waals surface area contributed by atoms with Crippen LogP contribution >= 0.6 is 0 Å². The average molecular weight is 203 g/mol. The topological polar surface area (TPSA) is 87.2 Å². The Hall–Kier alpha value is -0.920. The number of hydrogen-bond acceptors (Lipinski definition) is 4. The number of rotatable bonds is 2. The molecule has 13 heavy (non-hydrogen) atoms. The van der Waals surface area contributed by atoms with Gasteiger partial charge in [0.2, 0.25) is 0 Å². The van der Waals surface area contributed by atoms with E-state index in [1.807, 2.05) is 0 Å². The first-order valence-electron chi connectivity index (χ1n) is 3.73. The number of hydrogen-bond donors (Lipinski definition) is 1. The lowest BCUT2D eigenvalue weighted by Crippen LogP contribution is -2.31. The number of nitrogens with zero attached hydrogens (tertiary/aromatic N) is 2. The maximum Gasteiger partial charge on any atom is 0.257 e. The van der Waals surface area contributed by atoms with Crippen molar-refractivity contribution in [1.82, 2.24) is 9.78 Å². The molecule has 7 heteroatoms. The van der Waals surface area contributed by atoms with E-state index in [0.29, 0.717) is 13.2 Å². The van der Waals surface area contributed by atoms with Crippen LogP contribution in [0.2, 0.25) is 0 Å². The molecule has 1 aromatic rings. The number of nitrogens with two attached hydrogens (primary N) is 1. The van der Waals surface area contributed by atoms with E-state index in [1.54, 1.807) is 10.9 Å². The Bertz CT molecular complexity index is 407. The summed E-state index contributed by atoms with van der Waals surface area (Å²) in [4.78, 5) is 0. The zero-order valence-electron chi connectivity index (χ0n) is 6.75. The van der Waals surface area contributed by atoms with Gasteiger partial charge >= 0.3 is 0 Å². The van der Waals surface area contributed by atoms with Gasteiger partial charge in [0.25, 0.3) is 10.0 Å². The standard InChI is InChI=1S/C6H9N3O3S/c7-13(10,11)6-1-2-9(8-6)5-3-12-4-5/h1-2,5H,3-4H2,(H2,7,10,11). The molecular formula is C6H9N3O3S. The van der Waals surface area contributed by atoms with Crippen LogP contribution in [-0.4, -0.2) is 31.4 Å². The van der Waals surface area contributed by atoms with E-state index in [9.17, 15) is 8.42 Å². The van der Waals surface area contributed by atoms with Crippen LogP contribution in [0, 0.1) is 0 Å². The van der Waals surface area contributed by atoms with Crippen LogP contribution in [0.15, 0.2) is 17.3 Å². The smallest absolute Gasteiger partial charge is 0.257 e. The van der Waals surface area contributed by atoms with E-state index in [1.165, 1.54) is 6.07 Å². The highest BCUT2D eigenvalue weighted by molar-refractivity contribution is 7.89. The Labute approximate surface area is 75.3 Å². The minimum Gasteiger partial charge on any atom is -0.377 e. The van der Waals surface area contributed by atoms with Gasteiger partial charge in [-0.2, -0.15) is 5.10 Å². The quantitative estimate of drug-likeness (QED) is 0.674. The van der Waals surface area contributed by atoms with Crippen molar-refractivity contribution in [2.24, 2.45) is 5.14 Å². The fraction of sp³-hybridized carbons (Fsp3) is 0.500. The zero-order chi connectivity index (χ0) is 9.47. The fourth-order valence-corrected chi connectivity index (χ4v) is 1.51. The molecule has 2 N–H and O–H groups in total. The van der Waals surface area contributed by atoms with Gasteiger partial charge in [0.05, 0.1) is 19.3 Å². The van der Waals surface area contributed by atoms with Crippen molar-refractivity contribution in [2.75, 3.05) is 13.2 Å². The molecule has 0 aromatic carbocycles. The molecule has 2 rings (SSSR count). The number of primary sulfonamides is 1. The lowest BCUT2D eigenvalue weighted by molar-refractivity contribution is -0.0291. The van der Waals surface area contributed by atoms with Gasteiger partial charge in [-0.05, 0) is 6.07 Å². The molecule has 1 fully saturated rings. The zero-order valence-corrected chi connectivity index (χ0v) is 7.57. The molecule has 0 saturated carbocycles. The van der Waals surface area contributed by atoms with Crippen LogP contribution in [0.4, 0.5) is 0 Å². The first-order valence-corrected chi connectivity index (χ1v) is 5.28. The normalized spacial score (nSPS) is 18.5. The SMILES string of the molecule is NS(=O)(=O)c1ccn(C2COC2)n1. The summed E-state index contributed by atoms with van der Waals surface area (Å²) in [5.74, 6) is 0. The molecule has 1 aliphatic heterocycles. The number of aromatic nitrogens is 2. The van der Waals surface area contributed by atoms with Gasteiger partial charge < -0.3 is 4.74 Å². The fourth-order valence-electron chi connectivity index (χ4n) is 1.05. The molecule has 6 nitrogen and oxygen atoms in total. The molecule has 0 spiro atoms. The Morgan fingerprint density at radius 1 is 1.62 bits per heavy atom. The summed E-state index contributed by atoms with van der Waals surface area (Å²) >= 11 is 0. The highest BCUT2D eigenvalue weighted by atomic mass is 32.2. The molecule has 72 valence electrons. The van der Waals surface area contributed by atoms with Gasteiger partial charge in [0.1, 0.15) is 0 Å². The number of ether oxygens (including phenoxy) is 1. The Kier molecular flexibility index (Phi) is 1.86. The second kappa shape index (κ2) is 2.79. The van der Waals surface area contributed by atoms with Crippen molar-refractivity contribution in [1.29, 1.82) is 0 Å². The second-order valence-corrected chi connectivity index (χ2v) is 4.38. The van der Waals surface area contributed by atoms with Crippen molar-refractivity contribution >= 4 is 10.0 Å². The van der Waals surface area contributed by atoms with E-state index in [4.69, 9.17) is 9.88 Å². The van der Waals surface area contributed by atoms with Crippen molar-refractivity contribution < 1.29 is 13.2 Å². The summed E-state index contributed by atoms with van der Waals surface area (Å²) in [6, 6.07) is 1.53. The minimum atomic E-state index is -3.67. The van der Waals surface area contributed by atoms with Gasteiger partial charge in [0.15, 0.2) is 5.03 Å². The largest absolute Gasteiger partial charge is 0.377 e. The van der Waals surface area contributed by atoms with Gasteiger partial charge in [-0.1, -0.05) is 0 Å².